The van der Waals surface area contributed by atoms with Crippen LogP contribution >= 0.6 is 0 Å². The van der Waals surface area contributed by atoms with Crippen LogP contribution in [-0.2, 0) is 0 Å². The second-order valence-corrected chi connectivity index (χ2v) is 5.76. The largest absolute Gasteiger partial charge is 0.497 e. The van der Waals surface area contributed by atoms with Gasteiger partial charge < -0.3 is 25.4 Å². The molecule has 1 aliphatic heterocycles. The summed E-state index contributed by atoms with van der Waals surface area (Å²) in [7, 11) is 5.45. The molecule has 1 aromatic carbocycles. The zero-order valence-electron chi connectivity index (χ0n) is 12.7. The van der Waals surface area contributed by atoms with Crippen molar-refractivity contribution in [2.75, 3.05) is 40.0 Å². The average molecular weight is 293 g/mol. The van der Waals surface area contributed by atoms with E-state index in [1.165, 1.54) is 7.11 Å². The van der Waals surface area contributed by atoms with Gasteiger partial charge in [-0.2, -0.15) is 0 Å². The van der Waals surface area contributed by atoms with E-state index >= 15 is 0 Å². The molecule has 1 aliphatic rings. The zero-order valence-corrected chi connectivity index (χ0v) is 12.7. The first-order chi connectivity index (χ1) is 9.90. The molecule has 0 bridgehead atoms. The van der Waals surface area contributed by atoms with E-state index in [1.807, 2.05) is 19.0 Å². The number of nitrogen functional groups attached to an aromatic ring is 1. The number of ether oxygens (including phenoxy) is 1. The molecule has 0 radical (unpaired) electrons. The number of aliphatic hydroxyl groups excluding tert-OH is 1. The number of methoxy groups -OCH3 is 1. The molecule has 1 saturated heterocycles. The maximum absolute atomic E-state index is 12.7. The number of amides is 1. The number of carbonyl (C=O) groups excluding carboxylic acids is 1. The van der Waals surface area contributed by atoms with Crippen molar-refractivity contribution >= 4 is 11.6 Å². The van der Waals surface area contributed by atoms with Crippen molar-refractivity contribution in [3.63, 3.8) is 0 Å². The lowest BCUT2D eigenvalue weighted by Crippen LogP contribution is -2.41. The Balaban J connectivity index is 2.23. The lowest BCUT2D eigenvalue weighted by Gasteiger charge is -2.27. The summed E-state index contributed by atoms with van der Waals surface area (Å²) in [6.07, 6.45) is 0.130. The summed E-state index contributed by atoms with van der Waals surface area (Å²) in [6, 6.07) is 5.00. The van der Waals surface area contributed by atoms with Crippen LogP contribution in [0.5, 0.6) is 5.75 Å². The third kappa shape index (κ3) is 3.65. The molecule has 1 amide bonds. The molecule has 0 aromatic heterocycles. The Morgan fingerprint density at radius 1 is 1.48 bits per heavy atom. The number of carbonyl (C=O) groups is 1. The van der Waals surface area contributed by atoms with Crippen LogP contribution in [0, 0.1) is 0 Å². The molecule has 2 atom stereocenters. The van der Waals surface area contributed by atoms with E-state index < -0.39 is 6.10 Å². The third-order valence-corrected chi connectivity index (χ3v) is 3.64. The van der Waals surface area contributed by atoms with Gasteiger partial charge in [0.25, 0.3) is 5.91 Å². The highest BCUT2D eigenvalue weighted by atomic mass is 16.5. The molecule has 116 valence electrons. The fourth-order valence-electron chi connectivity index (χ4n) is 2.76. The predicted octanol–water partition coefficient (Wildman–Crippen LogP) is 0.414. The molecular weight excluding hydrogens is 270 g/mol. The minimum Gasteiger partial charge on any atom is -0.497 e. The van der Waals surface area contributed by atoms with Crippen LogP contribution in [0.25, 0.3) is 0 Å². The van der Waals surface area contributed by atoms with Crippen molar-refractivity contribution in [3.05, 3.63) is 23.8 Å². The number of β-amino-alcohol motifs (C(OH)–C–C–N with tert-alkyl or cyclic N) is 1. The molecule has 1 heterocycles. The fraction of sp³-hybridized carbons (Fsp3) is 0.533. The van der Waals surface area contributed by atoms with Gasteiger partial charge in [0.1, 0.15) is 5.75 Å². The van der Waals surface area contributed by atoms with Crippen molar-refractivity contribution in [1.82, 2.24) is 9.80 Å². The monoisotopic (exact) mass is 293 g/mol. The van der Waals surface area contributed by atoms with E-state index in [0.717, 1.165) is 6.54 Å². The molecule has 3 N–H and O–H groups in total. The van der Waals surface area contributed by atoms with Crippen molar-refractivity contribution in [2.45, 2.75) is 18.6 Å². The minimum atomic E-state index is -0.471. The maximum Gasteiger partial charge on any atom is 0.254 e. The Morgan fingerprint density at radius 3 is 2.81 bits per heavy atom. The first-order valence-corrected chi connectivity index (χ1v) is 6.99. The number of likely N-dealkylation sites (tertiary alicyclic amines) is 1. The number of benzene rings is 1. The average Bonchev–Trinajstić information content (AvgIpc) is 2.77. The summed E-state index contributed by atoms with van der Waals surface area (Å²) in [4.78, 5) is 16.4. The van der Waals surface area contributed by atoms with Crippen molar-refractivity contribution in [2.24, 2.45) is 0 Å². The Labute approximate surface area is 125 Å². The van der Waals surface area contributed by atoms with E-state index in [-0.39, 0.29) is 11.9 Å². The smallest absolute Gasteiger partial charge is 0.254 e. The standard InChI is InChI=1S/C15H23N3O3/c1-17(2)8-12-7-13(19)9-18(12)15(20)10-4-11(16)6-14(5-10)21-3/h4-6,12-13,19H,7-9,16H2,1-3H3. The second kappa shape index (κ2) is 6.32. The number of hydrogen-bond acceptors (Lipinski definition) is 5. The number of anilines is 1. The summed E-state index contributed by atoms with van der Waals surface area (Å²) >= 11 is 0. The number of rotatable bonds is 4. The van der Waals surface area contributed by atoms with Gasteiger partial charge >= 0.3 is 0 Å². The number of hydrogen-bond donors (Lipinski definition) is 2. The Bertz CT molecular complexity index is 519. The fourth-order valence-corrected chi connectivity index (χ4v) is 2.76. The van der Waals surface area contributed by atoms with E-state index in [4.69, 9.17) is 10.5 Å². The first-order valence-electron chi connectivity index (χ1n) is 6.99. The Morgan fingerprint density at radius 2 is 2.19 bits per heavy atom. The van der Waals surface area contributed by atoms with Gasteiger partial charge in [-0.05, 0) is 32.6 Å². The van der Waals surface area contributed by atoms with Crippen molar-refractivity contribution in [1.29, 1.82) is 0 Å². The summed E-state index contributed by atoms with van der Waals surface area (Å²) in [5.74, 6) is 0.436. The summed E-state index contributed by atoms with van der Waals surface area (Å²) in [6.45, 7) is 1.08. The third-order valence-electron chi connectivity index (χ3n) is 3.64. The quantitative estimate of drug-likeness (QED) is 0.786. The molecule has 0 spiro atoms. The predicted molar refractivity (Wildman–Crippen MR) is 81.4 cm³/mol. The van der Waals surface area contributed by atoms with Gasteiger partial charge in [-0.1, -0.05) is 0 Å². The highest BCUT2D eigenvalue weighted by molar-refractivity contribution is 5.96. The number of nitrogens with two attached hydrogens (primary N) is 1. The van der Waals surface area contributed by atoms with Gasteiger partial charge in [-0.15, -0.1) is 0 Å². The molecule has 6 heteroatoms. The highest BCUT2D eigenvalue weighted by Crippen LogP contribution is 2.24. The number of nitrogens with zero attached hydrogens (tertiary/aromatic N) is 2. The molecule has 6 nitrogen and oxygen atoms in total. The van der Waals surface area contributed by atoms with Gasteiger partial charge in [-0.25, -0.2) is 0 Å². The van der Waals surface area contributed by atoms with Gasteiger partial charge in [0.15, 0.2) is 0 Å². The summed E-state index contributed by atoms with van der Waals surface area (Å²) < 4.78 is 5.15. The molecular formula is C15H23N3O3. The first kappa shape index (κ1) is 15.6. The van der Waals surface area contributed by atoms with Crippen LogP contribution < -0.4 is 10.5 Å². The van der Waals surface area contributed by atoms with Crippen LogP contribution in [-0.4, -0.2) is 67.3 Å². The molecule has 1 fully saturated rings. The van der Waals surface area contributed by atoms with E-state index in [2.05, 4.69) is 0 Å². The van der Waals surface area contributed by atoms with Crippen molar-refractivity contribution in [3.8, 4) is 5.75 Å². The maximum atomic E-state index is 12.7. The van der Waals surface area contributed by atoms with Crippen LogP contribution in [0.2, 0.25) is 0 Å². The highest BCUT2D eigenvalue weighted by Gasteiger charge is 2.35. The SMILES string of the molecule is COc1cc(N)cc(C(=O)N2CC(O)CC2CN(C)C)c1. The van der Waals surface area contributed by atoms with Gasteiger partial charge in [-0.3, -0.25) is 4.79 Å². The molecule has 21 heavy (non-hydrogen) atoms. The summed E-state index contributed by atoms with van der Waals surface area (Å²) in [5.41, 5.74) is 6.78. The van der Waals surface area contributed by atoms with E-state index in [9.17, 15) is 9.90 Å². The lowest BCUT2D eigenvalue weighted by atomic mass is 10.1. The van der Waals surface area contributed by atoms with Gasteiger partial charge in [0.05, 0.1) is 13.2 Å². The molecule has 2 rings (SSSR count). The van der Waals surface area contributed by atoms with Gasteiger partial charge in [0.2, 0.25) is 0 Å². The Hall–Kier alpha value is -1.79. The van der Waals surface area contributed by atoms with Crippen LogP contribution in [0.1, 0.15) is 16.8 Å². The zero-order chi connectivity index (χ0) is 15.6. The minimum absolute atomic E-state index is 0.00919. The molecule has 1 aromatic rings. The van der Waals surface area contributed by atoms with Crippen LogP contribution in [0.15, 0.2) is 18.2 Å². The van der Waals surface area contributed by atoms with Crippen molar-refractivity contribution < 1.29 is 14.6 Å². The topological polar surface area (TPSA) is 79.0 Å². The number of likely N-dealkylation sites (N-methyl/N-ethyl adjacent to an activating group) is 1. The van der Waals surface area contributed by atoms with Crippen LogP contribution in [0.4, 0.5) is 5.69 Å². The molecule has 0 saturated carbocycles. The van der Waals surface area contributed by atoms with Gasteiger partial charge in [0, 0.05) is 36.4 Å². The Kier molecular flexibility index (Phi) is 4.69. The lowest BCUT2D eigenvalue weighted by molar-refractivity contribution is 0.0699. The van der Waals surface area contributed by atoms with E-state index in [0.29, 0.717) is 30.0 Å². The normalized spacial score (nSPS) is 21.9. The van der Waals surface area contributed by atoms with Crippen LogP contribution in [0.3, 0.4) is 0 Å². The summed E-state index contributed by atoms with van der Waals surface area (Å²) in [5, 5.41) is 9.87. The molecule has 2 unspecified atom stereocenters. The van der Waals surface area contributed by atoms with E-state index in [1.54, 1.807) is 23.1 Å². The number of aliphatic hydroxyl groups is 1. The molecule has 0 aliphatic carbocycles. The second-order valence-electron chi connectivity index (χ2n) is 5.76.